The summed E-state index contributed by atoms with van der Waals surface area (Å²) in [7, 11) is 0. The molecule has 142 valence electrons. The predicted octanol–water partition coefficient (Wildman–Crippen LogP) is 4.54. The molecule has 1 aromatic carbocycles. The summed E-state index contributed by atoms with van der Waals surface area (Å²) in [5.41, 5.74) is 1.29. The maximum absolute atomic E-state index is 12.5. The van der Waals surface area contributed by atoms with E-state index in [1.807, 2.05) is 32.6 Å². The van der Waals surface area contributed by atoms with Gasteiger partial charge in [-0.2, -0.15) is 18.2 Å². The van der Waals surface area contributed by atoms with E-state index in [1.54, 1.807) is 24.3 Å². The lowest BCUT2D eigenvalue weighted by Gasteiger charge is -2.30. The van der Waals surface area contributed by atoms with E-state index in [9.17, 15) is 18.0 Å². The number of hydrogen-bond donors (Lipinski definition) is 0. The lowest BCUT2D eigenvalue weighted by Crippen LogP contribution is -2.40. The molecule has 0 aliphatic rings. The Morgan fingerprint density at radius 1 is 1.19 bits per heavy atom. The summed E-state index contributed by atoms with van der Waals surface area (Å²) in [6.45, 7) is 8.16. The summed E-state index contributed by atoms with van der Waals surface area (Å²) in [5.74, 6) is -1.54. The number of halogens is 3. The smallest absolute Gasteiger partial charge is 0.335 e. The molecule has 0 saturated heterocycles. The Kier molecular flexibility index (Phi) is 6.05. The molecule has 0 aliphatic heterocycles. The fraction of sp³-hybridized carbons (Fsp3) is 0.500. The second kappa shape index (κ2) is 7.88. The van der Waals surface area contributed by atoms with E-state index < -0.39 is 12.1 Å². The Bertz CT molecular complexity index is 739. The van der Waals surface area contributed by atoms with Crippen molar-refractivity contribution in [2.75, 3.05) is 0 Å². The van der Waals surface area contributed by atoms with Crippen LogP contribution in [0.15, 0.2) is 28.8 Å². The molecule has 0 N–H and O–H groups in total. The minimum absolute atomic E-state index is 0.0661. The minimum Gasteiger partial charge on any atom is -0.335 e. The zero-order chi connectivity index (χ0) is 19.5. The number of carbonyl (C=O) groups excluding carboxylic acids is 1. The van der Waals surface area contributed by atoms with E-state index in [1.165, 1.54) is 0 Å². The maximum Gasteiger partial charge on any atom is 0.471 e. The van der Waals surface area contributed by atoms with Gasteiger partial charge in [0.25, 0.3) is 0 Å². The average molecular weight is 369 g/mol. The van der Waals surface area contributed by atoms with Crippen LogP contribution in [0.2, 0.25) is 0 Å². The molecule has 0 bridgehead atoms. The number of aromatic nitrogens is 2. The van der Waals surface area contributed by atoms with Gasteiger partial charge in [-0.25, -0.2) is 0 Å². The molecular formula is C18H22F3N3O2. The first kappa shape index (κ1) is 19.9. The average Bonchev–Trinajstić information content (AvgIpc) is 3.09. The van der Waals surface area contributed by atoms with Gasteiger partial charge in [0.15, 0.2) is 0 Å². The summed E-state index contributed by atoms with van der Waals surface area (Å²) in [4.78, 5) is 17.6. The highest BCUT2D eigenvalue weighted by Gasteiger charge is 2.38. The fourth-order valence-electron chi connectivity index (χ4n) is 2.41. The topological polar surface area (TPSA) is 59.2 Å². The summed E-state index contributed by atoms with van der Waals surface area (Å²) in [6.07, 6.45) is -3.83. The summed E-state index contributed by atoms with van der Waals surface area (Å²) in [6, 6.07) is 6.84. The zero-order valence-corrected chi connectivity index (χ0v) is 15.2. The molecule has 2 aromatic rings. The Morgan fingerprint density at radius 3 is 2.27 bits per heavy atom. The van der Waals surface area contributed by atoms with Gasteiger partial charge in [-0.15, -0.1) is 0 Å². The monoisotopic (exact) mass is 369 g/mol. The van der Waals surface area contributed by atoms with E-state index in [2.05, 4.69) is 14.7 Å². The second-order valence-corrected chi connectivity index (χ2v) is 6.50. The fourth-order valence-corrected chi connectivity index (χ4v) is 2.41. The van der Waals surface area contributed by atoms with E-state index >= 15 is 0 Å². The first-order valence-corrected chi connectivity index (χ1v) is 8.44. The number of rotatable bonds is 6. The highest BCUT2D eigenvalue weighted by Crippen LogP contribution is 2.29. The normalized spacial score (nSPS) is 13.1. The highest BCUT2D eigenvalue weighted by atomic mass is 19.4. The number of benzene rings is 1. The van der Waals surface area contributed by atoms with Gasteiger partial charge in [0.1, 0.15) is 0 Å². The van der Waals surface area contributed by atoms with Gasteiger partial charge in [-0.3, -0.25) is 4.79 Å². The van der Waals surface area contributed by atoms with Crippen molar-refractivity contribution in [1.29, 1.82) is 0 Å². The van der Waals surface area contributed by atoms with Gasteiger partial charge in [-0.05, 0) is 18.9 Å². The SMILES string of the molecule is CCC(C)N(Cc1ccc(-c2noc(C(F)(F)F)n2)cc1)C(=O)C(C)C. The molecule has 1 aromatic heterocycles. The van der Waals surface area contributed by atoms with Crippen molar-refractivity contribution < 1.29 is 22.5 Å². The molecule has 0 radical (unpaired) electrons. The Labute approximate surface area is 150 Å². The maximum atomic E-state index is 12.5. The molecule has 1 atom stereocenters. The molecule has 1 unspecified atom stereocenters. The van der Waals surface area contributed by atoms with Gasteiger partial charge in [-0.1, -0.05) is 50.2 Å². The number of carbonyl (C=O) groups is 1. The molecule has 0 aliphatic carbocycles. The Hall–Kier alpha value is -2.38. The molecule has 26 heavy (non-hydrogen) atoms. The molecule has 1 amide bonds. The molecular weight excluding hydrogens is 347 g/mol. The number of hydrogen-bond acceptors (Lipinski definition) is 4. The highest BCUT2D eigenvalue weighted by molar-refractivity contribution is 5.78. The number of alkyl halides is 3. The minimum atomic E-state index is -4.67. The van der Waals surface area contributed by atoms with Crippen LogP contribution < -0.4 is 0 Å². The molecule has 0 spiro atoms. The van der Waals surface area contributed by atoms with E-state index in [0.717, 1.165) is 12.0 Å². The predicted molar refractivity (Wildman–Crippen MR) is 89.9 cm³/mol. The van der Waals surface area contributed by atoms with Crippen molar-refractivity contribution in [3.63, 3.8) is 0 Å². The van der Waals surface area contributed by atoms with Gasteiger partial charge in [0, 0.05) is 24.1 Å². The van der Waals surface area contributed by atoms with Gasteiger partial charge in [0.2, 0.25) is 11.7 Å². The lowest BCUT2D eigenvalue weighted by atomic mass is 10.1. The first-order chi connectivity index (χ1) is 12.1. The quantitative estimate of drug-likeness (QED) is 0.750. The van der Waals surface area contributed by atoms with Crippen molar-refractivity contribution in [1.82, 2.24) is 15.0 Å². The summed E-state index contributed by atoms with van der Waals surface area (Å²) >= 11 is 0. The van der Waals surface area contributed by atoms with Crippen molar-refractivity contribution in [2.24, 2.45) is 5.92 Å². The van der Waals surface area contributed by atoms with Crippen LogP contribution in [0.25, 0.3) is 11.4 Å². The molecule has 2 rings (SSSR count). The Balaban J connectivity index is 2.18. The van der Waals surface area contributed by atoms with Gasteiger partial charge < -0.3 is 9.42 Å². The van der Waals surface area contributed by atoms with Crippen LogP contribution in [0.4, 0.5) is 13.2 Å². The van der Waals surface area contributed by atoms with Crippen molar-refractivity contribution in [3.05, 3.63) is 35.7 Å². The van der Waals surface area contributed by atoms with Crippen LogP contribution in [-0.2, 0) is 17.5 Å². The van der Waals surface area contributed by atoms with E-state index in [4.69, 9.17) is 0 Å². The second-order valence-electron chi connectivity index (χ2n) is 6.50. The first-order valence-electron chi connectivity index (χ1n) is 8.44. The Morgan fingerprint density at radius 2 is 1.81 bits per heavy atom. The number of nitrogens with zero attached hydrogens (tertiary/aromatic N) is 3. The van der Waals surface area contributed by atoms with Crippen molar-refractivity contribution in [2.45, 2.75) is 52.9 Å². The van der Waals surface area contributed by atoms with Crippen LogP contribution in [-0.4, -0.2) is 27.0 Å². The number of amides is 1. The van der Waals surface area contributed by atoms with Crippen molar-refractivity contribution in [3.8, 4) is 11.4 Å². The van der Waals surface area contributed by atoms with Gasteiger partial charge >= 0.3 is 12.1 Å². The summed E-state index contributed by atoms with van der Waals surface area (Å²) < 4.78 is 41.9. The zero-order valence-electron chi connectivity index (χ0n) is 15.2. The molecule has 5 nitrogen and oxygen atoms in total. The van der Waals surface area contributed by atoms with Crippen LogP contribution in [0, 0.1) is 5.92 Å². The molecule has 0 fully saturated rings. The third-order valence-electron chi connectivity index (χ3n) is 4.13. The standard InChI is InChI=1S/C18H22F3N3O2/c1-5-12(4)24(16(25)11(2)3)10-13-6-8-14(9-7-13)15-22-17(26-23-15)18(19,20)21/h6-9,11-12H,5,10H2,1-4H3. The van der Waals surface area contributed by atoms with Crippen molar-refractivity contribution >= 4 is 5.91 Å². The van der Waals surface area contributed by atoms with Crippen LogP contribution in [0.1, 0.15) is 45.6 Å². The molecule has 8 heteroatoms. The van der Waals surface area contributed by atoms with Crippen LogP contribution in [0.5, 0.6) is 0 Å². The van der Waals surface area contributed by atoms with E-state index in [0.29, 0.717) is 12.1 Å². The van der Waals surface area contributed by atoms with Crippen LogP contribution in [0.3, 0.4) is 0 Å². The van der Waals surface area contributed by atoms with E-state index in [-0.39, 0.29) is 23.7 Å². The third kappa shape index (κ3) is 4.62. The summed E-state index contributed by atoms with van der Waals surface area (Å²) in [5, 5.41) is 3.37. The van der Waals surface area contributed by atoms with Gasteiger partial charge in [0.05, 0.1) is 0 Å². The lowest BCUT2D eigenvalue weighted by molar-refractivity contribution is -0.159. The van der Waals surface area contributed by atoms with Crippen LogP contribution >= 0.6 is 0 Å². The third-order valence-corrected chi connectivity index (χ3v) is 4.13. The molecule has 0 saturated carbocycles. The largest absolute Gasteiger partial charge is 0.471 e. The molecule has 1 heterocycles.